The molecule has 1 aromatic heterocycles. The lowest BCUT2D eigenvalue weighted by atomic mass is 9.89. The normalized spacial score (nSPS) is 32.5. The molecule has 0 radical (unpaired) electrons. The van der Waals surface area contributed by atoms with Crippen molar-refractivity contribution in [3.63, 3.8) is 0 Å². The first-order chi connectivity index (χ1) is 12.3. The molecule has 3 aliphatic rings. The Morgan fingerprint density at radius 2 is 2.00 bits per heavy atom. The Hall–Kier alpha value is -1.68. The molecule has 2 aliphatic heterocycles. The van der Waals surface area contributed by atoms with Crippen LogP contribution in [0.5, 0.6) is 0 Å². The van der Waals surface area contributed by atoms with Crippen molar-refractivity contribution in [2.24, 2.45) is 5.73 Å². The molecule has 3 heterocycles. The summed E-state index contributed by atoms with van der Waals surface area (Å²) < 4.78 is -0.260. The van der Waals surface area contributed by atoms with Gasteiger partial charge in [-0.15, -0.1) is 16.9 Å². The average Bonchev–Trinajstić information content (AvgIpc) is 3.12. The van der Waals surface area contributed by atoms with Crippen molar-refractivity contribution in [3.05, 3.63) is 5.82 Å². The van der Waals surface area contributed by atoms with Gasteiger partial charge in [-0.1, -0.05) is 25.7 Å². The lowest BCUT2D eigenvalue weighted by Crippen LogP contribution is -2.70. The number of aromatic nitrogens is 4. The molecular formula is C16H25N7O2S. The zero-order valence-corrected chi connectivity index (χ0v) is 15.9. The second-order valence-corrected chi connectivity index (χ2v) is 9.84. The predicted molar refractivity (Wildman–Crippen MR) is 95.8 cm³/mol. The van der Waals surface area contributed by atoms with Crippen LogP contribution in [-0.4, -0.2) is 59.0 Å². The molecule has 2 amide bonds. The third-order valence-corrected chi connectivity index (χ3v) is 7.37. The van der Waals surface area contributed by atoms with Crippen molar-refractivity contribution in [3.8, 4) is 0 Å². The molecule has 26 heavy (non-hydrogen) atoms. The highest BCUT2D eigenvalue weighted by Gasteiger charge is 2.63. The van der Waals surface area contributed by atoms with E-state index in [9.17, 15) is 9.59 Å². The van der Waals surface area contributed by atoms with E-state index in [1.165, 1.54) is 0 Å². The highest BCUT2D eigenvalue weighted by molar-refractivity contribution is 8.01. The number of rotatable bonds is 3. The highest BCUT2D eigenvalue weighted by Crippen LogP contribution is 2.56. The Morgan fingerprint density at radius 1 is 1.31 bits per heavy atom. The first-order valence-electron chi connectivity index (χ1n) is 9.17. The second kappa shape index (κ2) is 6.19. The number of carbonyl (C=O) groups excluding carboxylic acids is 2. The first kappa shape index (κ1) is 17.7. The molecule has 1 aromatic rings. The van der Waals surface area contributed by atoms with Crippen LogP contribution in [0.4, 0.5) is 0 Å². The topological polar surface area (TPSA) is 130 Å². The number of aromatic amines is 1. The van der Waals surface area contributed by atoms with Crippen molar-refractivity contribution in [1.29, 1.82) is 0 Å². The maximum absolute atomic E-state index is 12.8. The summed E-state index contributed by atoms with van der Waals surface area (Å²) in [5, 5.41) is 16.9. The zero-order chi connectivity index (χ0) is 18.5. The summed E-state index contributed by atoms with van der Waals surface area (Å²) in [7, 11) is 0. The van der Waals surface area contributed by atoms with Crippen LogP contribution in [0.25, 0.3) is 0 Å². The maximum atomic E-state index is 12.8. The van der Waals surface area contributed by atoms with Crippen molar-refractivity contribution in [2.45, 2.75) is 80.1 Å². The number of tetrazole rings is 1. The lowest BCUT2D eigenvalue weighted by molar-refractivity contribution is -0.152. The highest BCUT2D eigenvalue weighted by atomic mass is 32.2. The van der Waals surface area contributed by atoms with Crippen LogP contribution < -0.4 is 11.1 Å². The Balaban J connectivity index is 1.49. The number of amides is 2. The van der Waals surface area contributed by atoms with Crippen molar-refractivity contribution in [1.82, 2.24) is 30.8 Å². The molecule has 142 valence electrons. The molecule has 1 saturated carbocycles. The smallest absolute Gasteiger partial charge is 0.249 e. The number of nitrogens with one attached hydrogen (secondary N) is 2. The van der Waals surface area contributed by atoms with Gasteiger partial charge in [0, 0.05) is 4.75 Å². The fourth-order valence-electron chi connectivity index (χ4n) is 4.34. The van der Waals surface area contributed by atoms with Gasteiger partial charge in [-0.05, 0) is 37.1 Å². The van der Waals surface area contributed by atoms with Gasteiger partial charge >= 0.3 is 0 Å². The van der Waals surface area contributed by atoms with E-state index in [0.717, 1.165) is 25.7 Å². The van der Waals surface area contributed by atoms with Gasteiger partial charge in [0.15, 0.2) is 5.82 Å². The summed E-state index contributed by atoms with van der Waals surface area (Å²) in [5.74, 6) is 0.280. The second-order valence-electron chi connectivity index (χ2n) is 8.07. The van der Waals surface area contributed by atoms with Gasteiger partial charge < -0.3 is 16.0 Å². The minimum Gasteiger partial charge on any atom is -0.340 e. The van der Waals surface area contributed by atoms with E-state index in [1.54, 1.807) is 16.7 Å². The summed E-state index contributed by atoms with van der Waals surface area (Å²) in [4.78, 5) is 27.4. The van der Waals surface area contributed by atoms with Gasteiger partial charge in [0.2, 0.25) is 11.8 Å². The molecule has 1 aliphatic carbocycles. The van der Waals surface area contributed by atoms with Crippen LogP contribution >= 0.6 is 11.8 Å². The van der Waals surface area contributed by atoms with Crippen LogP contribution in [0, 0.1) is 0 Å². The molecule has 9 nitrogen and oxygen atoms in total. The van der Waals surface area contributed by atoms with E-state index in [1.807, 2.05) is 0 Å². The third-order valence-electron chi connectivity index (χ3n) is 5.80. The van der Waals surface area contributed by atoms with E-state index in [-0.39, 0.29) is 28.0 Å². The maximum Gasteiger partial charge on any atom is 0.249 e. The number of fused-ring (bicyclic) bond motifs is 1. The number of thioether (sulfide) groups is 1. The monoisotopic (exact) mass is 379 g/mol. The summed E-state index contributed by atoms with van der Waals surface area (Å²) in [6.07, 6.45) is 5.50. The number of β-lactam (4-membered cyclic amide) rings is 1. The van der Waals surface area contributed by atoms with Gasteiger partial charge in [-0.25, -0.2) is 5.10 Å². The minimum atomic E-state index is -0.857. The zero-order valence-electron chi connectivity index (χ0n) is 15.1. The molecule has 4 N–H and O–H groups in total. The van der Waals surface area contributed by atoms with Crippen LogP contribution in [0.3, 0.4) is 0 Å². The lowest BCUT2D eigenvalue weighted by Gasteiger charge is -2.45. The number of nitrogens with zero attached hydrogens (tertiary/aromatic N) is 4. The van der Waals surface area contributed by atoms with Gasteiger partial charge in [0.05, 0.1) is 5.54 Å². The molecule has 10 heteroatoms. The van der Waals surface area contributed by atoms with Gasteiger partial charge in [-0.3, -0.25) is 9.59 Å². The molecule has 3 atom stereocenters. The number of H-pyrrole nitrogens is 1. The fraction of sp³-hybridized carbons (Fsp3) is 0.812. The molecule has 0 aromatic carbocycles. The van der Waals surface area contributed by atoms with Gasteiger partial charge in [0.25, 0.3) is 0 Å². The predicted octanol–water partition coefficient (Wildman–Crippen LogP) is 0.471. The van der Waals surface area contributed by atoms with E-state index in [2.05, 4.69) is 39.8 Å². The minimum absolute atomic E-state index is 0.0972. The Kier molecular flexibility index (Phi) is 4.22. The van der Waals surface area contributed by atoms with Crippen LogP contribution in [0.15, 0.2) is 0 Å². The molecular weight excluding hydrogens is 354 g/mol. The Morgan fingerprint density at radius 3 is 2.62 bits per heavy atom. The van der Waals surface area contributed by atoms with Crippen LogP contribution in [0.1, 0.15) is 64.2 Å². The van der Waals surface area contributed by atoms with E-state index < -0.39 is 11.6 Å². The first-order valence-corrected chi connectivity index (χ1v) is 10.0. The average molecular weight is 379 g/mol. The van der Waals surface area contributed by atoms with E-state index >= 15 is 0 Å². The summed E-state index contributed by atoms with van der Waals surface area (Å²) in [6.45, 7) is 4.12. The van der Waals surface area contributed by atoms with E-state index in [4.69, 9.17) is 5.73 Å². The number of carbonyl (C=O) groups is 2. The molecule has 3 unspecified atom stereocenters. The van der Waals surface area contributed by atoms with Crippen molar-refractivity contribution >= 4 is 23.6 Å². The number of hydrogen-bond acceptors (Lipinski definition) is 7. The Bertz CT molecular complexity index is 699. The summed E-state index contributed by atoms with van der Waals surface area (Å²) in [6, 6.07) is -0.769. The van der Waals surface area contributed by atoms with Crippen molar-refractivity contribution < 1.29 is 9.59 Å². The quantitative estimate of drug-likeness (QED) is 0.514. The standard InChI is InChI=1S/C16H25N7O2S/c1-15(2)10(11-19-21-22-20-11)23-12(24)9(13(23)26-15)18-14(25)16(17)7-5-3-4-6-8-16/h9-10,13H,3-8,17H2,1-2H3,(H,18,25)(H,19,20,21,22). The summed E-state index contributed by atoms with van der Waals surface area (Å²) >= 11 is 1.66. The molecule has 3 fully saturated rings. The fourth-order valence-corrected chi connectivity index (χ4v) is 5.98. The molecule has 2 saturated heterocycles. The van der Waals surface area contributed by atoms with Gasteiger partial charge in [0.1, 0.15) is 17.5 Å². The van der Waals surface area contributed by atoms with Crippen LogP contribution in [-0.2, 0) is 9.59 Å². The third kappa shape index (κ3) is 2.70. The van der Waals surface area contributed by atoms with E-state index in [0.29, 0.717) is 18.7 Å². The van der Waals surface area contributed by atoms with Crippen LogP contribution in [0.2, 0.25) is 0 Å². The number of nitrogens with two attached hydrogens (primary N) is 1. The molecule has 0 bridgehead atoms. The largest absolute Gasteiger partial charge is 0.340 e. The van der Waals surface area contributed by atoms with Gasteiger partial charge in [-0.2, -0.15) is 0 Å². The molecule has 0 spiro atoms. The number of hydrogen-bond donors (Lipinski definition) is 3. The SMILES string of the molecule is CC1(C)SC2C(NC(=O)C3(N)CCCCCC3)C(=O)N2C1c1nnn[nH]1. The summed E-state index contributed by atoms with van der Waals surface area (Å²) in [5.41, 5.74) is 5.54. The molecule has 4 rings (SSSR count). The van der Waals surface area contributed by atoms with Crippen molar-refractivity contribution in [2.75, 3.05) is 0 Å². The Labute approximate surface area is 156 Å².